The van der Waals surface area contributed by atoms with Gasteiger partial charge in [0.05, 0.1) is 11.3 Å². The summed E-state index contributed by atoms with van der Waals surface area (Å²) in [5, 5.41) is 0. The normalized spacial score (nSPS) is 14.8. The van der Waals surface area contributed by atoms with E-state index >= 15 is 0 Å². The Hall–Kier alpha value is -3.09. The van der Waals surface area contributed by atoms with Gasteiger partial charge in [0, 0.05) is 6.08 Å². The van der Waals surface area contributed by atoms with Crippen molar-refractivity contribution in [3.05, 3.63) is 66.2 Å². The van der Waals surface area contributed by atoms with Crippen molar-refractivity contribution in [1.29, 1.82) is 0 Å². The van der Waals surface area contributed by atoms with Crippen molar-refractivity contribution >= 4 is 23.1 Å². The van der Waals surface area contributed by atoms with Crippen molar-refractivity contribution < 1.29 is 27.5 Å². The van der Waals surface area contributed by atoms with Gasteiger partial charge in [-0.1, -0.05) is 30.3 Å². The monoisotopic (exact) mass is 333 g/mol. The van der Waals surface area contributed by atoms with Crippen LogP contribution in [0.4, 0.5) is 18.9 Å². The Kier molecular flexibility index (Phi) is 3.84. The van der Waals surface area contributed by atoms with E-state index in [-0.39, 0.29) is 11.3 Å². The fraction of sp³-hybridized carbons (Fsp3) is 0.0588. The number of benzene rings is 2. The van der Waals surface area contributed by atoms with E-state index in [1.54, 1.807) is 30.3 Å². The van der Waals surface area contributed by atoms with Crippen LogP contribution in [0.5, 0.6) is 5.75 Å². The second-order valence-electron chi connectivity index (χ2n) is 4.94. The molecule has 0 aliphatic carbocycles. The topological polar surface area (TPSA) is 46.6 Å². The molecule has 0 aromatic heterocycles. The Morgan fingerprint density at radius 2 is 1.50 bits per heavy atom. The van der Waals surface area contributed by atoms with Gasteiger partial charge in [-0.3, -0.25) is 9.59 Å². The zero-order valence-electron chi connectivity index (χ0n) is 12.1. The molecule has 0 radical (unpaired) electrons. The van der Waals surface area contributed by atoms with Gasteiger partial charge in [-0.15, -0.1) is 13.2 Å². The van der Waals surface area contributed by atoms with Crippen LogP contribution in [0.25, 0.3) is 5.57 Å². The smallest absolute Gasteiger partial charge is 0.406 e. The molecule has 0 unspecified atom stereocenters. The maximum atomic E-state index is 12.5. The zero-order chi connectivity index (χ0) is 17.3. The first-order valence-electron chi connectivity index (χ1n) is 6.86. The Labute approximate surface area is 134 Å². The van der Waals surface area contributed by atoms with Crippen molar-refractivity contribution in [2.24, 2.45) is 0 Å². The molecule has 0 spiro atoms. The summed E-state index contributed by atoms with van der Waals surface area (Å²) in [5.41, 5.74) is 0.994. The van der Waals surface area contributed by atoms with E-state index in [0.29, 0.717) is 5.56 Å². The standard InChI is InChI=1S/C17H10F3NO3/c18-17(19,20)24-13-8-6-12(7-9-13)21-15(22)10-14(16(21)23)11-4-2-1-3-5-11/h1-10H. The summed E-state index contributed by atoms with van der Waals surface area (Å²) in [7, 11) is 0. The van der Waals surface area contributed by atoms with Gasteiger partial charge >= 0.3 is 6.36 Å². The molecule has 0 saturated carbocycles. The lowest BCUT2D eigenvalue weighted by Crippen LogP contribution is -2.30. The molecule has 122 valence electrons. The molecule has 4 nitrogen and oxygen atoms in total. The minimum atomic E-state index is -4.80. The van der Waals surface area contributed by atoms with Gasteiger partial charge in [0.25, 0.3) is 11.8 Å². The molecule has 1 heterocycles. The third kappa shape index (κ3) is 3.15. The molecule has 24 heavy (non-hydrogen) atoms. The summed E-state index contributed by atoms with van der Waals surface area (Å²) < 4.78 is 40.2. The summed E-state index contributed by atoms with van der Waals surface area (Å²) in [6.45, 7) is 0. The highest BCUT2D eigenvalue weighted by Gasteiger charge is 2.34. The number of hydrogen-bond acceptors (Lipinski definition) is 3. The number of hydrogen-bond donors (Lipinski definition) is 0. The number of carbonyl (C=O) groups is 2. The van der Waals surface area contributed by atoms with E-state index in [9.17, 15) is 22.8 Å². The van der Waals surface area contributed by atoms with E-state index in [0.717, 1.165) is 17.0 Å². The molecule has 2 aromatic rings. The van der Waals surface area contributed by atoms with Crippen LogP contribution in [0, 0.1) is 0 Å². The van der Waals surface area contributed by atoms with Crippen LogP contribution >= 0.6 is 0 Å². The number of alkyl halides is 3. The molecule has 1 aliphatic rings. The van der Waals surface area contributed by atoms with E-state index in [2.05, 4.69) is 4.74 Å². The first-order chi connectivity index (χ1) is 11.3. The van der Waals surface area contributed by atoms with Crippen LogP contribution < -0.4 is 9.64 Å². The van der Waals surface area contributed by atoms with Crippen LogP contribution in [0.2, 0.25) is 0 Å². The molecular formula is C17H10F3NO3. The summed E-state index contributed by atoms with van der Waals surface area (Å²) in [4.78, 5) is 25.5. The quantitative estimate of drug-likeness (QED) is 0.807. The van der Waals surface area contributed by atoms with E-state index in [1.807, 2.05) is 0 Å². The highest BCUT2D eigenvalue weighted by molar-refractivity contribution is 6.43. The van der Waals surface area contributed by atoms with Gasteiger partial charge in [0.1, 0.15) is 5.75 Å². The summed E-state index contributed by atoms with van der Waals surface area (Å²) in [5.74, 6) is -1.51. The molecule has 0 bridgehead atoms. The molecule has 0 fully saturated rings. The Bertz CT molecular complexity index is 811. The van der Waals surface area contributed by atoms with Crippen molar-refractivity contribution in [1.82, 2.24) is 0 Å². The number of ether oxygens (including phenoxy) is 1. The van der Waals surface area contributed by atoms with Crippen molar-refractivity contribution in [2.75, 3.05) is 4.90 Å². The summed E-state index contributed by atoms with van der Waals surface area (Å²) >= 11 is 0. The molecular weight excluding hydrogens is 323 g/mol. The second kappa shape index (κ2) is 5.84. The highest BCUT2D eigenvalue weighted by Crippen LogP contribution is 2.30. The number of amides is 2. The number of imide groups is 1. The molecule has 7 heteroatoms. The first kappa shape index (κ1) is 15.8. The Balaban J connectivity index is 1.84. The van der Waals surface area contributed by atoms with Gasteiger partial charge in [0.2, 0.25) is 0 Å². The number of carbonyl (C=O) groups excluding carboxylic acids is 2. The lowest BCUT2D eigenvalue weighted by molar-refractivity contribution is -0.274. The second-order valence-corrected chi connectivity index (χ2v) is 4.94. The van der Waals surface area contributed by atoms with Crippen LogP contribution in [-0.2, 0) is 9.59 Å². The van der Waals surface area contributed by atoms with Crippen molar-refractivity contribution in [2.45, 2.75) is 6.36 Å². The van der Waals surface area contributed by atoms with Gasteiger partial charge in [0.15, 0.2) is 0 Å². The van der Waals surface area contributed by atoms with E-state index < -0.39 is 23.9 Å². The van der Waals surface area contributed by atoms with Crippen LogP contribution in [0.15, 0.2) is 60.7 Å². The minimum Gasteiger partial charge on any atom is -0.406 e. The zero-order valence-corrected chi connectivity index (χ0v) is 12.1. The Morgan fingerprint density at radius 3 is 2.08 bits per heavy atom. The molecule has 3 rings (SSSR count). The van der Waals surface area contributed by atoms with Crippen molar-refractivity contribution in [3.63, 3.8) is 0 Å². The fourth-order valence-electron chi connectivity index (χ4n) is 2.34. The number of anilines is 1. The molecule has 2 aromatic carbocycles. The molecule has 2 amide bonds. The average molecular weight is 333 g/mol. The first-order valence-corrected chi connectivity index (χ1v) is 6.86. The molecule has 0 N–H and O–H groups in total. The maximum absolute atomic E-state index is 12.5. The molecule has 0 saturated heterocycles. The van der Waals surface area contributed by atoms with Gasteiger partial charge in [-0.05, 0) is 29.8 Å². The van der Waals surface area contributed by atoms with Crippen LogP contribution in [0.3, 0.4) is 0 Å². The van der Waals surface area contributed by atoms with Crippen LogP contribution in [-0.4, -0.2) is 18.2 Å². The number of nitrogens with zero attached hydrogens (tertiary/aromatic N) is 1. The highest BCUT2D eigenvalue weighted by atomic mass is 19.4. The lowest BCUT2D eigenvalue weighted by atomic mass is 10.1. The van der Waals surface area contributed by atoms with Gasteiger partial charge in [-0.25, -0.2) is 4.90 Å². The Morgan fingerprint density at radius 1 is 0.875 bits per heavy atom. The minimum absolute atomic E-state index is 0.168. The largest absolute Gasteiger partial charge is 0.573 e. The average Bonchev–Trinajstić information content (AvgIpc) is 2.83. The third-order valence-corrected chi connectivity index (χ3v) is 3.33. The van der Waals surface area contributed by atoms with Gasteiger partial charge < -0.3 is 4.74 Å². The number of halogens is 3. The molecule has 0 atom stereocenters. The SMILES string of the molecule is O=C1C=C(c2ccccc2)C(=O)N1c1ccc(OC(F)(F)F)cc1. The fourth-order valence-corrected chi connectivity index (χ4v) is 2.34. The van der Waals surface area contributed by atoms with E-state index in [1.165, 1.54) is 18.2 Å². The predicted molar refractivity (Wildman–Crippen MR) is 80.0 cm³/mol. The van der Waals surface area contributed by atoms with Gasteiger partial charge in [-0.2, -0.15) is 0 Å². The number of rotatable bonds is 3. The predicted octanol–water partition coefficient (Wildman–Crippen LogP) is 3.54. The third-order valence-electron chi connectivity index (χ3n) is 3.33. The summed E-state index contributed by atoms with van der Waals surface area (Å²) in [6, 6.07) is 13.2. The summed E-state index contributed by atoms with van der Waals surface area (Å²) in [6.07, 6.45) is -3.60. The lowest BCUT2D eigenvalue weighted by Gasteiger charge is -2.16. The van der Waals surface area contributed by atoms with E-state index in [4.69, 9.17) is 0 Å². The molecule has 1 aliphatic heterocycles. The maximum Gasteiger partial charge on any atom is 0.573 e. The van der Waals surface area contributed by atoms with Crippen molar-refractivity contribution in [3.8, 4) is 5.75 Å². The van der Waals surface area contributed by atoms with Crippen LogP contribution in [0.1, 0.15) is 5.56 Å².